The molecular weight excluding hydrogens is 316 g/mol. The third-order valence-corrected chi connectivity index (χ3v) is 4.54. The van der Waals surface area contributed by atoms with Crippen LogP contribution in [0.5, 0.6) is 0 Å². The number of nitrogens with zero attached hydrogens (tertiary/aromatic N) is 2. The number of halogens is 1. The van der Waals surface area contributed by atoms with E-state index in [9.17, 15) is 9.90 Å². The van der Waals surface area contributed by atoms with Crippen LogP contribution >= 0.6 is 11.6 Å². The van der Waals surface area contributed by atoms with Crippen molar-refractivity contribution >= 4 is 17.7 Å². The predicted octanol–water partition coefficient (Wildman–Crippen LogP) is 2.78. The van der Waals surface area contributed by atoms with Gasteiger partial charge < -0.3 is 14.7 Å². The van der Waals surface area contributed by atoms with E-state index in [1.54, 1.807) is 14.1 Å². The predicted molar refractivity (Wildman–Crippen MR) is 90.6 cm³/mol. The van der Waals surface area contributed by atoms with Gasteiger partial charge in [0.25, 0.3) is 0 Å². The van der Waals surface area contributed by atoms with Gasteiger partial charge in [-0.2, -0.15) is 0 Å². The highest BCUT2D eigenvalue weighted by atomic mass is 35.5. The Morgan fingerprint density at radius 2 is 1.96 bits per heavy atom. The maximum atomic E-state index is 11.3. The molecule has 1 heterocycles. The first-order chi connectivity index (χ1) is 11.0. The Labute approximate surface area is 142 Å². The third-order valence-electron chi connectivity index (χ3n) is 4.29. The molecule has 1 aromatic carbocycles. The van der Waals surface area contributed by atoms with E-state index in [0.29, 0.717) is 11.6 Å². The van der Waals surface area contributed by atoms with Crippen LogP contribution in [-0.2, 0) is 4.74 Å². The molecule has 0 saturated carbocycles. The normalized spacial score (nSPS) is 17.7. The van der Waals surface area contributed by atoms with Gasteiger partial charge in [0, 0.05) is 25.7 Å². The molecule has 6 heteroatoms. The van der Waals surface area contributed by atoms with E-state index < -0.39 is 6.10 Å². The molecule has 2 rings (SSSR count). The number of aliphatic hydroxyl groups excluding tert-OH is 1. The maximum absolute atomic E-state index is 11.3. The van der Waals surface area contributed by atoms with Gasteiger partial charge >= 0.3 is 6.09 Å². The van der Waals surface area contributed by atoms with Gasteiger partial charge in [0.2, 0.25) is 0 Å². The van der Waals surface area contributed by atoms with Gasteiger partial charge in [-0.1, -0.05) is 23.7 Å². The van der Waals surface area contributed by atoms with Crippen LogP contribution in [0.15, 0.2) is 24.3 Å². The minimum Gasteiger partial charge on any atom is -0.448 e. The molecule has 23 heavy (non-hydrogen) atoms. The topological polar surface area (TPSA) is 53.0 Å². The quantitative estimate of drug-likeness (QED) is 0.895. The fourth-order valence-corrected chi connectivity index (χ4v) is 2.94. The van der Waals surface area contributed by atoms with Gasteiger partial charge in [0.1, 0.15) is 6.61 Å². The number of piperidine rings is 1. The van der Waals surface area contributed by atoms with Crippen molar-refractivity contribution in [2.75, 3.05) is 40.3 Å². The van der Waals surface area contributed by atoms with Crippen LogP contribution in [-0.4, -0.2) is 61.3 Å². The molecule has 1 atom stereocenters. The number of aliphatic hydroxyl groups is 1. The summed E-state index contributed by atoms with van der Waals surface area (Å²) in [5.41, 5.74) is 0.924. The van der Waals surface area contributed by atoms with Crippen LogP contribution in [0, 0.1) is 5.92 Å². The summed E-state index contributed by atoms with van der Waals surface area (Å²) in [6.07, 6.45) is 1.12. The fraction of sp³-hybridized carbons (Fsp3) is 0.588. The number of rotatable bonds is 5. The molecular formula is C17H25ClN2O3. The second-order valence-electron chi connectivity index (χ2n) is 6.18. The maximum Gasteiger partial charge on any atom is 0.409 e. The lowest BCUT2D eigenvalue weighted by atomic mass is 9.87. The monoisotopic (exact) mass is 340 g/mol. The first-order valence-electron chi connectivity index (χ1n) is 7.97. The van der Waals surface area contributed by atoms with Crippen LogP contribution in [0.1, 0.15) is 24.5 Å². The highest BCUT2D eigenvalue weighted by Crippen LogP contribution is 2.31. The zero-order valence-electron chi connectivity index (χ0n) is 13.7. The van der Waals surface area contributed by atoms with Crippen molar-refractivity contribution in [3.05, 3.63) is 34.9 Å². The lowest BCUT2D eigenvalue weighted by Gasteiger charge is -2.34. The van der Waals surface area contributed by atoms with Gasteiger partial charge in [-0.25, -0.2) is 4.79 Å². The molecule has 1 amide bonds. The molecule has 5 nitrogen and oxygen atoms in total. The summed E-state index contributed by atoms with van der Waals surface area (Å²) in [7, 11) is 3.35. The lowest BCUT2D eigenvalue weighted by Crippen LogP contribution is -2.38. The number of carbonyl (C=O) groups is 1. The highest BCUT2D eigenvalue weighted by molar-refractivity contribution is 6.30. The van der Waals surface area contributed by atoms with Crippen molar-refractivity contribution < 1.29 is 14.6 Å². The minimum absolute atomic E-state index is 0.261. The molecule has 128 valence electrons. The number of carbonyl (C=O) groups excluding carboxylic acids is 1. The van der Waals surface area contributed by atoms with E-state index in [4.69, 9.17) is 16.3 Å². The van der Waals surface area contributed by atoms with E-state index in [2.05, 4.69) is 4.90 Å². The zero-order valence-corrected chi connectivity index (χ0v) is 14.5. The van der Waals surface area contributed by atoms with Crippen LogP contribution in [0.3, 0.4) is 0 Å². The molecule has 0 aliphatic carbocycles. The summed E-state index contributed by atoms with van der Waals surface area (Å²) in [4.78, 5) is 15.0. The number of likely N-dealkylation sites (tertiary alicyclic amines) is 1. The first kappa shape index (κ1) is 18.0. The van der Waals surface area contributed by atoms with Crippen LogP contribution < -0.4 is 0 Å². The summed E-state index contributed by atoms with van der Waals surface area (Å²) < 4.78 is 5.14. The van der Waals surface area contributed by atoms with E-state index in [1.807, 2.05) is 24.3 Å². The van der Waals surface area contributed by atoms with Crippen molar-refractivity contribution in [3.63, 3.8) is 0 Å². The minimum atomic E-state index is -0.444. The molecule has 1 aliphatic rings. The molecule has 1 unspecified atom stereocenters. The second kappa shape index (κ2) is 8.52. The van der Waals surface area contributed by atoms with Crippen molar-refractivity contribution in [2.24, 2.45) is 5.92 Å². The fourth-order valence-electron chi connectivity index (χ4n) is 2.82. The summed E-state index contributed by atoms with van der Waals surface area (Å²) in [5, 5.41) is 11.2. The number of amides is 1. The summed E-state index contributed by atoms with van der Waals surface area (Å²) in [5.74, 6) is 0.261. The molecule has 1 aliphatic heterocycles. The SMILES string of the molecule is CN(C)C(=O)OCCN1CCC(C(O)c2ccc(Cl)cc2)CC1. The van der Waals surface area contributed by atoms with Gasteiger partial charge in [0.15, 0.2) is 0 Å². The highest BCUT2D eigenvalue weighted by Gasteiger charge is 2.26. The average molecular weight is 341 g/mol. The largest absolute Gasteiger partial charge is 0.448 e. The van der Waals surface area contributed by atoms with E-state index in [-0.39, 0.29) is 12.0 Å². The van der Waals surface area contributed by atoms with Gasteiger partial charge in [-0.05, 0) is 49.5 Å². The molecule has 0 radical (unpaired) electrons. The first-order valence-corrected chi connectivity index (χ1v) is 8.35. The Bertz CT molecular complexity index is 499. The molecule has 0 spiro atoms. The molecule has 1 N–H and O–H groups in total. The Hall–Kier alpha value is -1.30. The number of benzene rings is 1. The van der Waals surface area contributed by atoms with Gasteiger partial charge in [0.05, 0.1) is 6.10 Å². The average Bonchev–Trinajstić information content (AvgIpc) is 2.55. The molecule has 1 aromatic rings. The standard InChI is InChI=1S/C17H25ClN2O3/c1-19(2)17(22)23-12-11-20-9-7-14(8-10-20)16(21)13-3-5-15(18)6-4-13/h3-6,14,16,21H,7-12H2,1-2H3. The molecule has 0 aromatic heterocycles. The molecule has 1 saturated heterocycles. The Morgan fingerprint density at radius 1 is 1.35 bits per heavy atom. The summed E-state index contributed by atoms with van der Waals surface area (Å²) in [6, 6.07) is 7.41. The summed E-state index contributed by atoms with van der Waals surface area (Å²) in [6.45, 7) is 2.97. The van der Waals surface area contributed by atoms with E-state index >= 15 is 0 Å². The Kier molecular flexibility index (Phi) is 6.69. The Balaban J connectivity index is 1.73. The van der Waals surface area contributed by atoms with E-state index in [0.717, 1.165) is 38.0 Å². The van der Waals surface area contributed by atoms with Gasteiger partial charge in [-0.15, -0.1) is 0 Å². The van der Waals surface area contributed by atoms with Gasteiger partial charge in [-0.3, -0.25) is 4.90 Å². The second-order valence-corrected chi connectivity index (χ2v) is 6.62. The van der Waals surface area contributed by atoms with Crippen molar-refractivity contribution in [3.8, 4) is 0 Å². The third kappa shape index (κ3) is 5.37. The van der Waals surface area contributed by atoms with Crippen LogP contribution in [0.25, 0.3) is 0 Å². The number of ether oxygens (including phenoxy) is 1. The lowest BCUT2D eigenvalue weighted by molar-refractivity contribution is 0.0490. The molecule has 1 fully saturated rings. The van der Waals surface area contributed by atoms with Crippen LogP contribution in [0.2, 0.25) is 5.02 Å². The van der Waals surface area contributed by atoms with Crippen molar-refractivity contribution in [1.29, 1.82) is 0 Å². The summed E-state index contributed by atoms with van der Waals surface area (Å²) >= 11 is 5.88. The van der Waals surface area contributed by atoms with E-state index in [1.165, 1.54) is 4.90 Å². The zero-order chi connectivity index (χ0) is 16.8. The van der Waals surface area contributed by atoms with Crippen LogP contribution in [0.4, 0.5) is 4.79 Å². The van der Waals surface area contributed by atoms with Crippen molar-refractivity contribution in [1.82, 2.24) is 9.80 Å². The number of hydrogen-bond donors (Lipinski definition) is 1. The Morgan fingerprint density at radius 3 is 2.52 bits per heavy atom. The smallest absolute Gasteiger partial charge is 0.409 e. The molecule has 0 bridgehead atoms. The number of hydrogen-bond acceptors (Lipinski definition) is 4. The van der Waals surface area contributed by atoms with Crippen molar-refractivity contribution in [2.45, 2.75) is 18.9 Å².